The standard InChI is InChI=1S/C59H42N2/c1-58(2)50-34-30-37-17-10-11-22-42(37)55(50)47-31-29-39(35-52(47)58)41-32-33-45(44-24-13-12-23-43(41)44)53-36-54(61-57(60-53)38-18-6-4-7-19-38)48-26-16-28-51-56(48)46-25-14-15-27-49(46)59(51,3)40-20-8-5-9-21-40/h4-36H,1-3H3. The third-order valence-corrected chi connectivity index (χ3v) is 13.8. The predicted molar refractivity (Wildman–Crippen MR) is 254 cm³/mol. The van der Waals surface area contributed by atoms with Crippen molar-refractivity contribution in [2.45, 2.75) is 31.6 Å². The lowest BCUT2D eigenvalue weighted by Crippen LogP contribution is -2.22. The Balaban J connectivity index is 1.04. The van der Waals surface area contributed by atoms with E-state index in [2.05, 4.69) is 215 Å². The van der Waals surface area contributed by atoms with Crippen LogP contribution < -0.4 is 0 Å². The molecular weight excluding hydrogens is 737 g/mol. The van der Waals surface area contributed by atoms with Crippen molar-refractivity contribution in [2.75, 3.05) is 0 Å². The molecule has 9 aromatic carbocycles. The number of rotatable bonds is 5. The van der Waals surface area contributed by atoms with Gasteiger partial charge in [-0.05, 0) is 102 Å². The molecule has 288 valence electrons. The first-order valence-electron chi connectivity index (χ1n) is 21.3. The average molecular weight is 779 g/mol. The molecule has 0 radical (unpaired) electrons. The average Bonchev–Trinajstić information content (AvgIpc) is 3.73. The summed E-state index contributed by atoms with van der Waals surface area (Å²) in [7, 11) is 0. The zero-order valence-electron chi connectivity index (χ0n) is 34.4. The van der Waals surface area contributed by atoms with E-state index in [9.17, 15) is 0 Å². The second kappa shape index (κ2) is 13.3. The van der Waals surface area contributed by atoms with Gasteiger partial charge >= 0.3 is 0 Å². The number of hydrogen-bond donors (Lipinski definition) is 0. The molecule has 0 aliphatic heterocycles. The van der Waals surface area contributed by atoms with Gasteiger partial charge in [0.2, 0.25) is 0 Å². The van der Waals surface area contributed by atoms with Crippen LogP contribution in [0.15, 0.2) is 200 Å². The molecule has 2 aliphatic carbocycles. The highest BCUT2D eigenvalue weighted by atomic mass is 14.9. The summed E-state index contributed by atoms with van der Waals surface area (Å²) in [5.74, 6) is 0.712. The van der Waals surface area contributed by atoms with Crippen LogP contribution in [0, 0.1) is 0 Å². The first-order valence-corrected chi connectivity index (χ1v) is 21.3. The Kier molecular flexibility index (Phi) is 7.74. The summed E-state index contributed by atoms with van der Waals surface area (Å²) < 4.78 is 0. The van der Waals surface area contributed by atoms with Crippen LogP contribution in [0.2, 0.25) is 0 Å². The molecular formula is C59H42N2. The Bertz CT molecular complexity index is 3400. The molecule has 0 saturated heterocycles. The van der Waals surface area contributed by atoms with Gasteiger partial charge in [0.05, 0.1) is 11.4 Å². The van der Waals surface area contributed by atoms with Crippen LogP contribution in [0.4, 0.5) is 0 Å². The molecule has 2 nitrogen and oxygen atoms in total. The maximum absolute atomic E-state index is 5.39. The van der Waals surface area contributed by atoms with Crippen LogP contribution in [0.25, 0.3) is 88.8 Å². The van der Waals surface area contributed by atoms with Crippen LogP contribution in [0.1, 0.15) is 48.6 Å². The SMILES string of the molecule is CC1(C)c2cc(-c3ccc(-c4cc(-c5cccc6c5-c5ccccc5C6(C)c5ccccc5)nc(-c5ccccc5)n4)c4ccccc34)ccc2-c2c1ccc1ccccc21. The van der Waals surface area contributed by atoms with Crippen molar-refractivity contribution in [2.24, 2.45) is 0 Å². The Morgan fingerprint density at radius 3 is 1.74 bits per heavy atom. The van der Waals surface area contributed by atoms with Crippen LogP contribution >= 0.6 is 0 Å². The number of benzene rings is 9. The Hall–Kier alpha value is -7.42. The van der Waals surface area contributed by atoms with Crippen LogP contribution in [0.5, 0.6) is 0 Å². The molecule has 1 atom stereocenters. The van der Waals surface area contributed by atoms with Crippen molar-refractivity contribution in [3.8, 4) is 67.3 Å². The molecule has 0 amide bonds. The van der Waals surface area contributed by atoms with Gasteiger partial charge in [-0.25, -0.2) is 9.97 Å². The third-order valence-electron chi connectivity index (χ3n) is 13.8. The van der Waals surface area contributed by atoms with Crippen LogP contribution in [0.3, 0.4) is 0 Å². The van der Waals surface area contributed by atoms with Gasteiger partial charge in [0, 0.05) is 27.5 Å². The molecule has 0 spiro atoms. The minimum absolute atomic E-state index is 0.123. The van der Waals surface area contributed by atoms with Gasteiger partial charge in [0.25, 0.3) is 0 Å². The van der Waals surface area contributed by atoms with E-state index in [-0.39, 0.29) is 10.8 Å². The zero-order valence-corrected chi connectivity index (χ0v) is 34.4. The molecule has 0 saturated carbocycles. The Labute approximate surface area is 356 Å². The van der Waals surface area contributed by atoms with Gasteiger partial charge in [-0.15, -0.1) is 0 Å². The van der Waals surface area contributed by atoms with E-state index in [4.69, 9.17) is 9.97 Å². The monoisotopic (exact) mass is 778 g/mol. The number of hydrogen-bond acceptors (Lipinski definition) is 2. The summed E-state index contributed by atoms with van der Waals surface area (Å²) >= 11 is 0. The maximum atomic E-state index is 5.39. The summed E-state index contributed by atoms with van der Waals surface area (Å²) in [6, 6.07) is 73.1. The summed E-state index contributed by atoms with van der Waals surface area (Å²) in [5.41, 5.74) is 18.9. The quantitative estimate of drug-likeness (QED) is 0.174. The van der Waals surface area contributed by atoms with Gasteiger partial charge < -0.3 is 0 Å². The topological polar surface area (TPSA) is 25.8 Å². The molecule has 0 bridgehead atoms. The summed E-state index contributed by atoms with van der Waals surface area (Å²) in [6.45, 7) is 7.11. The highest BCUT2D eigenvalue weighted by Crippen LogP contribution is 2.56. The van der Waals surface area contributed by atoms with Crippen molar-refractivity contribution < 1.29 is 0 Å². The number of fused-ring (bicyclic) bond motifs is 9. The van der Waals surface area contributed by atoms with Crippen molar-refractivity contribution in [1.29, 1.82) is 0 Å². The van der Waals surface area contributed by atoms with E-state index in [0.717, 1.165) is 33.5 Å². The fourth-order valence-electron chi connectivity index (χ4n) is 10.7. The van der Waals surface area contributed by atoms with Gasteiger partial charge in [-0.2, -0.15) is 0 Å². The molecule has 0 N–H and O–H groups in total. The van der Waals surface area contributed by atoms with E-state index in [1.54, 1.807) is 0 Å². The lowest BCUT2D eigenvalue weighted by molar-refractivity contribution is 0.661. The van der Waals surface area contributed by atoms with E-state index in [1.165, 1.54) is 77.4 Å². The van der Waals surface area contributed by atoms with E-state index < -0.39 is 0 Å². The minimum Gasteiger partial charge on any atom is -0.228 e. The largest absolute Gasteiger partial charge is 0.228 e. The molecule has 1 heterocycles. The van der Waals surface area contributed by atoms with Crippen LogP contribution in [-0.2, 0) is 10.8 Å². The van der Waals surface area contributed by atoms with Crippen LogP contribution in [-0.4, -0.2) is 9.97 Å². The van der Waals surface area contributed by atoms with Crippen molar-refractivity contribution >= 4 is 21.5 Å². The second-order valence-corrected chi connectivity index (χ2v) is 17.4. The highest BCUT2D eigenvalue weighted by molar-refractivity contribution is 6.07. The van der Waals surface area contributed by atoms with E-state index in [1.807, 2.05) is 6.07 Å². The zero-order chi connectivity index (χ0) is 40.9. The van der Waals surface area contributed by atoms with Gasteiger partial charge in [-0.1, -0.05) is 202 Å². The third kappa shape index (κ3) is 5.22. The smallest absolute Gasteiger partial charge is 0.160 e. The van der Waals surface area contributed by atoms with Gasteiger partial charge in [0.15, 0.2) is 5.82 Å². The van der Waals surface area contributed by atoms with Crippen molar-refractivity contribution in [1.82, 2.24) is 9.97 Å². The molecule has 1 unspecified atom stereocenters. The first-order chi connectivity index (χ1) is 29.9. The van der Waals surface area contributed by atoms with Crippen molar-refractivity contribution in [3.05, 3.63) is 228 Å². The number of nitrogens with zero attached hydrogens (tertiary/aromatic N) is 2. The summed E-state index contributed by atoms with van der Waals surface area (Å²) in [5, 5.41) is 4.97. The predicted octanol–water partition coefficient (Wildman–Crippen LogP) is 15.1. The fourth-order valence-corrected chi connectivity index (χ4v) is 10.7. The van der Waals surface area contributed by atoms with E-state index >= 15 is 0 Å². The number of aromatic nitrogens is 2. The van der Waals surface area contributed by atoms with Gasteiger partial charge in [-0.3, -0.25) is 0 Å². The highest BCUT2D eigenvalue weighted by Gasteiger charge is 2.42. The molecule has 2 aliphatic rings. The minimum atomic E-state index is -0.309. The fraction of sp³-hybridized carbons (Fsp3) is 0.0847. The summed E-state index contributed by atoms with van der Waals surface area (Å²) in [6.07, 6.45) is 0. The molecule has 1 aromatic heterocycles. The maximum Gasteiger partial charge on any atom is 0.160 e. The Morgan fingerprint density at radius 1 is 0.344 bits per heavy atom. The molecule has 10 aromatic rings. The lowest BCUT2D eigenvalue weighted by atomic mass is 9.74. The molecule has 61 heavy (non-hydrogen) atoms. The molecule has 12 rings (SSSR count). The normalized spacial score (nSPS) is 15.7. The van der Waals surface area contributed by atoms with Crippen molar-refractivity contribution in [3.63, 3.8) is 0 Å². The van der Waals surface area contributed by atoms with Gasteiger partial charge in [0.1, 0.15) is 0 Å². The molecule has 2 heteroatoms. The Morgan fingerprint density at radius 2 is 0.934 bits per heavy atom. The summed E-state index contributed by atoms with van der Waals surface area (Å²) in [4.78, 5) is 10.8. The second-order valence-electron chi connectivity index (χ2n) is 17.4. The molecule has 0 fully saturated rings. The first kappa shape index (κ1) is 35.5. The van der Waals surface area contributed by atoms with E-state index in [0.29, 0.717) is 5.82 Å². The lowest BCUT2D eigenvalue weighted by Gasteiger charge is -2.28.